The number of thiol groups is 2. The summed E-state index contributed by atoms with van der Waals surface area (Å²) in [6.45, 7) is 0. The van der Waals surface area contributed by atoms with Crippen molar-refractivity contribution in [2.24, 2.45) is 5.92 Å². The van der Waals surface area contributed by atoms with Gasteiger partial charge in [0.25, 0.3) is 0 Å². The van der Waals surface area contributed by atoms with Crippen molar-refractivity contribution in [3.63, 3.8) is 0 Å². The third kappa shape index (κ3) is 4.26. The fourth-order valence-corrected chi connectivity index (χ4v) is 4.45. The lowest BCUT2D eigenvalue weighted by molar-refractivity contribution is -0.128. The molecule has 120 valence electrons. The van der Waals surface area contributed by atoms with E-state index >= 15 is 0 Å². The van der Waals surface area contributed by atoms with Crippen molar-refractivity contribution in [3.8, 4) is 0 Å². The van der Waals surface area contributed by atoms with E-state index in [1.165, 1.54) is 25.7 Å². The van der Waals surface area contributed by atoms with E-state index in [1.54, 1.807) is 0 Å². The average Bonchev–Trinajstić information content (AvgIpc) is 3.16. The molecule has 0 saturated heterocycles. The van der Waals surface area contributed by atoms with Crippen LogP contribution in [-0.2, 0) is 9.59 Å². The number of ketones is 2. The second kappa shape index (κ2) is 8.02. The summed E-state index contributed by atoms with van der Waals surface area (Å²) in [5.74, 6) is 0.394. The van der Waals surface area contributed by atoms with Crippen LogP contribution in [0.4, 0.5) is 0 Å². The maximum atomic E-state index is 12.4. The van der Waals surface area contributed by atoms with Gasteiger partial charge in [-0.05, 0) is 25.7 Å². The highest BCUT2D eigenvalue weighted by atomic mass is 32.1. The number of carbonyl (C=O) groups excluding carboxylic acids is 2. The monoisotopic (exact) mass is 329 g/mol. The van der Waals surface area contributed by atoms with Gasteiger partial charge in [0, 0.05) is 35.4 Å². The highest BCUT2D eigenvalue weighted by Gasteiger charge is 2.46. The van der Waals surface area contributed by atoms with Crippen LogP contribution in [0.3, 0.4) is 0 Å². The minimum atomic E-state index is -0.224. The Morgan fingerprint density at radius 2 is 1.67 bits per heavy atom. The molecule has 0 aromatic carbocycles. The molecule has 0 spiro atoms. The molecule has 0 amide bonds. The van der Waals surface area contributed by atoms with Gasteiger partial charge in [0.15, 0.2) is 0 Å². The normalized spacial score (nSPS) is 23.3. The molecule has 2 aliphatic rings. The van der Waals surface area contributed by atoms with Crippen LogP contribution in [0.5, 0.6) is 0 Å². The van der Waals surface area contributed by atoms with Gasteiger partial charge in [0.05, 0.1) is 0 Å². The maximum Gasteiger partial charge on any atom is 0.147 e. The van der Waals surface area contributed by atoms with Crippen molar-refractivity contribution in [3.05, 3.63) is 0 Å². The van der Waals surface area contributed by atoms with Crippen LogP contribution in [0.15, 0.2) is 0 Å². The van der Waals surface area contributed by atoms with E-state index < -0.39 is 0 Å². The summed E-state index contributed by atoms with van der Waals surface area (Å²) < 4.78 is 0. The lowest BCUT2D eigenvalue weighted by atomic mass is 9.76. The molecule has 3 nitrogen and oxygen atoms in total. The molecule has 1 unspecified atom stereocenters. The Morgan fingerprint density at radius 3 is 2.19 bits per heavy atom. The van der Waals surface area contributed by atoms with Crippen molar-refractivity contribution >= 4 is 36.8 Å². The molecule has 1 N–H and O–H groups in total. The average molecular weight is 330 g/mol. The molecule has 0 aromatic heterocycles. The Kier molecular flexibility index (Phi) is 6.63. The van der Waals surface area contributed by atoms with E-state index in [2.05, 4.69) is 30.6 Å². The minimum absolute atomic E-state index is 0.0676. The number of nitrogens with one attached hydrogen (secondary N) is 1. The molecule has 0 aromatic rings. The highest BCUT2D eigenvalue weighted by molar-refractivity contribution is 7.81. The van der Waals surface area contributed by atoms with Crippen molar-refractivity contribution in [1.29, 1.82) is 0 Å². The number of Topliss-reactive ketones (excluding diaryl/α,β-unsaturated/α-hetero) is 2. The fourth-order valence-electron chi connectivity index (χ4n) is 4.10. The van der Waals surface area contributed by atoms with E-state index in [1.807, 2.05) is 0 Å². The molecule has 2 aliphatic carbocycles. The zero-order valence-corrected chi connectivity index (χ0v) is 14.4. The van der Waals surface area contributed by atoms with Gasteiger partial charge >= 0.3 is 0 Å². The molecule has 0 aliphatic heterocycles. The van der Waals surface area contributed by atoms with Crippen LogP contribution >= 0.6 is 25.3 Å². The maximum absolute atomic E-state index is 12.4. The van der Waals surface area contributed by atoms with E-state index in [4.69, 9.17) is 0 Å². The van der Waals surface area contributed by atoms with Crippen LogP contribution in [0.1, 0.15) is 57.8 Å². The summed E-state index contributed by atoms with van der Waals surface area (Å²) >= 11 is 8.25. The van der Waals surface area contributed by atoms with Crippen LogP contribution in [0.25, 0.3) is 0 Å². The number of hydrogen-bond donors (Lipinski definition) is 3. The molecule has 0 heterocycles. The summed E-state index contributed by atoms with van der Waals surface area (Å²) in [4.78, 5) is 24.3. The zero-order valence-electron chi connectivity index (χ0n) is 12.6. The zero-order chi connectivity index (χ0) is 15.3. The van der Waals surface area contributed by atoms with Gasteiger partial charge in [0.2, 0.25) is 0 Å². The Balaban J connectivity index is 2.17. The quantitative estimate of drug-likeness (QED) is 0.600. The lowest BCUT2D eigenvalue weighted by Crippen LogP contribution is -2.56. The first-order chi connectivity index (χ1) is 10.1. The molecule has 0 bridgehead atoms. The van der Waals surface area contributed by atoms with Crippen molar-refractivity contribution < 1.29 is 9.59 Å². The number of carbonyl (C=O) groups is 2. The Hall–Kier alpha value is -0.0000000000000000763. The molecule has 0 radical (unpaired) electrons. The standard InChI is InChI=1S/C16H27NO2S2/c18-13(10-20)9-14(15(19)11-21)16(7-3-4-8-16)17-12-5-1-2-6-12/h12,14,17,20-21H,1-11H2. The number of rotatable bonds is 8. The van der Waals surface area contributed by atoms with Gasteiger partial charge in [-0.25, -0.2) is 0 Å². The van der Waals surface area contributed by atoms with Crippen LogP contribution in [0.2, 0.25) is 0 Å². The third-order valence-electron chi connectivity index (χ3n) is 5.16. The van der Waals surface area contributed by atoms with Gasteiger partial charge in [-0.1, -0.05) is 25.7 Å². The second-order valence-corrected chi connectivity index (χ2v) is 7.20. The van der Waals surface area contributed by atoms with Crippen molar-refractivity contribution in [2.75, 3.05) is 11.5 Å². The van der Waals surface area contributed by atoms with Crippen LogP contribution in [0, 0.1) is 5.92 Å². The second-order valence-electron chi connectivity index (χ2n) is 6.57. The van der Waals surface area contributed by atoms with E-state index in [9.17, 15) is 9.59 Å². The summed E-state index contributed by atoms with van der Waals surface area (Å²) in [5, 5.41) is 3.80. The lowest BCUT2D eigenvalue weighted by Gasteiger charge is -2.40. The molecule has 21 heavy (non-hydrogen) atoms. The van der Waals surface area contributed by atoms with E-state index in [-0.39, 0.29) is 34.5 Å². The third-order valence-corrected chi connectivity index (χ3v) is 5.83. The first kappa shape index (κ1) is 17.4. The molecule has 2 fully saturated rings. The molecule has 1 atom stereocenters. The van der Waals surface area contributed by atoms with Gasteiger partial charge in [0.1, 0.15) is 11.6 Å². The first-order valence-corrected chi connectivity index (χ1v) is 9.41. The molecule has 2 rings (SSSR count). The molecule has 2 saturated carbocycles. The minimum Gasteiger partial charge on any atom is -0.308 e. The van der Waals surface area contributed by atoms with Crippen molar-refractivity contribution in [1.82, 2.24) is 5.32 Å². The fraction of sp³-hybridized carbons (Fsp3) is 0.875. The Labute approximate surface area is 138 Å². The predicted molar refractivity (Wildman–Crippen MR) is 92.4 cm³/mol. The summed E-state index contributed by atoms with van der Waals surface area (Å²) in [7, 11) is 0. The topological polar surface area (TPSA) is 46.2 Å². The molecular weight excluding hydrogens is 302 g/mol. The first-order valence-electron chi connectivity index (χ1n) is 8.15. The van der Waals surface area contributed by atoms with E-state index in [0.717, 1.165) is 25.7 Å². The van der Waals surface area contributed by atoms with E-state index in [0.29, 0.717) is 12.5 Å². The van der Waals surface area contributed by atoms with Gasteiger partial charge in [-0.2, -0.15) is 25.3 Å². The molecule has 5 heteroatoms. The van der Waals surface area contributed by atoms with Crippen LogP contribution in [-0.4, -0.2) is 34.7 Å². The number of hydrogen-bond acceptors (Lipinski definition) is 5. The largest absolute Gasteiger partial charge is 0.308 e. The smallest absolute Gasteiger partial charge is 0.147 e. The summed E-state index contributed by atoms with van der Waals surface area (Å²) in [5.41, 5.74) is -0.173. The summed E-state index contributed by atoms with van der Waals surface area (Å²) in [6, 6.07) is 0.518. The van der Waals surface area contributed by atoms with Gasteiger partial charge < -0.3 is 5.32 Å². The van der Waals surface area contributed by atoms with Gasteiger partial charge in [-0.15, -0.1) is 0 Å². The Bertz CT molecular complexity index is 374. The predicted octanol–water partition coefficient (Wildman–Crippen LogP) is 2.84. The van der Waals surface area contributed by atoms with Crippen LogP contribution < -0.4 is 5.32 Å². The van der Waals surface area contributed by atoms with Gasteiger partial charge in [-0.3, -0.25) is 9.59 Å². The van der Waals surface area contributed by atoms with Crippen molar-refractivity contribution in [2.45, 2.75) is 69.4 Å². The highest BCUT2D eigenvalue weighted by Crippen LogP contribution is 2.40. The Morgan fingerprint density at radius 1 is 1.05 bits per heavy atom. The SMILES string of the molecule is O=C(CS)CC(C(=O)CS)C1(NC2CCCC2)CCCC1. The molecular formula is C16H27NO2S2. The summed E-state index contributed by atoms with van der Waals surface area (Å²) in [6.07, 6.45) is 9.57.